The third-order valence-electron chi connectivity index (χ3n) is 6.46. The minimum absolute atomic E-state index is 0.273. The molecule has 1 aliphatic heterocycles. The molecule has 4 nitrogen and oxygen atoms in total. The van der Waals surface area contributed by atoms with Crippen molar-refractivity contribution < 1.29 is 4.79 Å². The van der Waals surface area contributed by atoms with Crippen LogP contribution in [0.25, 0.3) is 10.2 Å². The van der Waals surface area contributed by atoms with Crippen molar-refractivity contribution in [2.45, 2.75) is 31.1 Å². The highest BCUT2D eigenvalue weighted by Crippen LogP contribution is 2.43. The fourth-order valence-corrected chi connectivity index (χ4v) is 6.26. The first-order chi connectivity index (χ1) is 14.6. The van der Waals surface area contributed by atoms with E-state index >= 15 is 0 Å². The Balaban J connectivity index is 1.33. The first-order valence-corrected chi connectivity index (χ1v) is 12.0. The van der Waals surface area contributed by atoms with Crippen LogP contribution in [0.5, 0.6) is 0 Å². The van der Waals surface area contributed by atoms with Crippen LogP contribution < -0.4 is 4.90 Å². The number of carbonyl (C=O) groups excluding carboxylic acids is 1. The van der Waals surface area contributed by atoms with Gasteiger partial charge in [0.15, 0.2) is 5.13 Å². The highest BCUT2D eigenvalue weighted by Gasteiger charge is 2.45. The van der Waals surface area contributed by atoms with Gasteiger partial charge >= 0.3 is 0 Å². The Morgan fingerprint density at radius 1 is 0.967 bits per heavy atom. The number of benzene rings is 2. The normalized spacial score (nSPS) is 18.9. The third-order valence-corrected chi connectivity index (χ3v) is 8.10. The van der Waals surface area contributed by atoms with E-state index in [2.05, 4.69) is 15.9 Å². The molecular weight excluding hydrogens is 437 g/mol. The van der Waals surface area contributed by atoms with E-state index in [0.29, 0.717) is 10.0 Å². The lowest BCUT2D eigenvalue weighted by molar-refractivity contribution is -0.137. The van der Waals surface area contributed by atoms with Crippen LogP contribution >= 0.6 is 34.5 Å². The summed E-state index contributed by atoms with van der Waals surface area (Å²) < 4.78 is 1.10. The van der Waals surface area contributed by atoms with E-state index in [-0.39, 0.29) is 5.91 Å². The zero-order valence-corrected chi connectivity index (χ0v) is 18.9. The summed E-state index contributed by atoms with van der Waals surface area (Å²) in [7, 11) is 0. The molecule has 0 atom stereocenters. The molecule has 0 spiro atoms. The molecule has 1 aliphatic carbocycles. The number of amides is 1. The average Bonchev–Trinajstić information content (AvgIpc) is 3.43. The molecule has 1 amide bonds. The van der Waals surface area contributed by atoms with Crippen molar-refractivity contribution in [1.29, 1.82) is 0 Å². The van der Waals surface area contributed by atoms with Crippen molar-refractivity contribution in [3.8, 4) is 0 Å². The molecule has 0 bridgehead atoms. The Morgan fingerprint density at radius 2 is 1.67 bits per heavy atom. The molecular formula is C23H23Cl2N3OS. The van der Waals surface area contributed by atoms with E-state index in [1.165, 1.54) is 0 Å². The summed E-state index contributed by atoms with van der Waals surface area (Å²) >= 11 is 14.1. The molecule has 2 fully saturated rings. The quantitative estimate of drug-likeness (QED) is 0.499. The van der Waals surface area contributed by atoms with Gasteiger partial charge in [0.05, 0.1) is 15.1 Å². The van der Waals surface area contributed by atoms with Gasteiger partial charge in [-0.2, -0.15) is 0 Å². The third kappa shape index (κ3) is 3.47. The van der Waals surface area contributed by atoms with Crippen LogP contribution in [0.15, 0.2) is 42.5 Å². The number of fused-ring (bicyclic) bond motifs is 1. The SMILES string of the molecule is O=C(N1CCN(c2nc3c(Cl)cccc3s2)CC1)C1(c2ccc(Cl)cc2)CCCC1. The number of para-hydroxylation sites is 1. The van der Waals surface area contributed by atoms with Crippen LogP contribution in [-0.4, -0.2) is 42.0 Å². The van der Waals surface area contributed by atoms with Crippen LogP contribution in [-0.2, 0) is 10.2 Å². The summed E-state index contributed by atoms with van der Waals surface area (Å²) in [6.07, 6.45) is 4.04. The number of nitrogens with zero attached hydrogens (tertiary/aromatic N) is 3. The van der Waals surface area contributed by atoms with Gasteiger partial charge in [0.25, 0.3) is 0 Å². The van der Waals surface area contributed by atoms with Crippen LogP contribution in [0, 0.1) is 0 Å². The monoisotopic (exact) mass is 459 g/mol. The Morgan fingerprint density at radius 3 is 2.33 bits per heavy atom. The number of anilines is 1. The maximum Gasteiger partial charge on any atom is 0.233 e. The van der Waals surface area contributed by atoms with Gasteiger partial charge in [-0.25, -0.2) is 4.98 Å². The summed E-state index contributed by atoms with van der Waals surface area (Å²) in [4.78, 5) is 22.8. The predicted molar refractivity (Wildman–Crippen MR) is 125 cm³/mol. The van der Waals surface area contributed by atoms with Gasteiger partial charge in [-0.1, -0.05) is 65.6 Å². The maximum absolute atomic E-state index is 13.7. The number of halogens is 2. The second kappa shape index (κ2) is 8.03. The maximum atomic E-state index is 13.7. The largest absolute Gasteiger partial charge is 0.345 e. The number of aromatic nitrogens is 1. The fourth-order valence-electron chi connectivity index (χ4n) is 4.82. The molecule has 0 unspecified atom stereocenters. The molecule has 7 heteroatoms. The summed E-state index contributed by atoms with van der Waals surface area (Å²) in [5.74, 6) is 0.273. The highest BCUT2D eigenvalue weighted by atomic mass is 35.5. The van der Waals surface area contributed by atoms with Crippen molar-refractivity contribution in [2.24, 2.45) is 0 Å². The second-order valence-corrected chi connectivity index (χ2v) is 10.0. The molecule has 0 N–H and O–H groups in total. The van der Waals surface area contributed by atoms with Gasteiger partial charge in [-0.3, -0.25) is 4.79 Å². The van der Waals surface area contributed by atoms with Crippen molar-refractivity contribution in [3.63, 3.8) is 0 Å². The van der Waals surface area contributed by atoms with E-state index in [1.54, 1.807) is 11.3 Å². The number of piperazine rings is 1. The first kappa shape index (κ1) is 20.1. The van der Waals surface area contributed by atoms with Gasteiger partial charge < -0.3 is 9.80 Å². The number of thiazole rings is 1. The van der Waals surface area contributed by atoms with E-state index in [1.807, 2.05) is 36.4 Å². The summed E-state index contributed by atoms with van der Waals surface area (Å²) in [6, 6.07) is 13.8. The summed E-state index contributed by atoms with van der Waals surface area (Å²) in [5.41, 5.74) is 1.58. The van der Waals surface area contributed by atoms with Gasteiger partial charge in [-0.15, -0.1) is 0 Å². The lowest BCUT2D eigenvalue weighted by atomic mass is 9.77. The molecule has 0 radical (unpaired) electrons. The van der Waals surface area contributed by atoms with Gasteiger partial charge in [-0.05, 0) is 42.7 Å². The predicted octanol–water partition coefficient (Wildman–Crippen LogP) is 5.76. The van der Waals surface area contributed by atoms with Crippen molar-refractivity contribution in [1.82, 2.24) is 9.88 Å². The molecule has 5 rings (SSSR count). The van der Waals surface area contributed by atoms with Gasteiger partial charge in [0.2, 0.25) is 5.91 Å². The number of rotatable bonds is 3. The van der Waals surface area contributed by atoms with Crippen LogP contribution in [0.3, 0.4) is 0 Å². The second-order valence-electron chi connectivity index (χ2n) is 8.16. The zero-order chi connectivity index (χ0) is 20.7. The van der Waals surface area contributed by atoms with E-state index in [0.717, 1.165) is 72.8 Å². The minimum Gasteiger partial charge on any atom is -0.345 e. The number of hydrogen-bond acceptors (Lipinski definition) is 4. The van der Waals surface area contributed by atoms with Crippen molar-refractivity contribution in [2.75, 3.05) is 31.1 Å². The average molecular weight is 460 g/mol. The Hall–Kier alpha value is -1.82. The molecule has 156 valence electrons. The summed E-state index contributed by atoms with van der Waals surface area (Å²) in [5, 5.41) is 2.39. The Bertz CT molecular complexity index is 1070. The van der Waals surface area contributed by atoms with E-state index in [9.17, 15) is 4.79 Å². The van der Waals surface area contributed by atoms with Crippen LogP contribution in [0.1, 0.15) is 31.2 Å². The fraction of sp³-hybridized carbons (Fsp3) is 0.391. The number of carbonyl (C=O) groups is 1. The van der Waals surface area contributed by atoms with Crippen LogP contribution in [0.2, 0.25) is 10.0 Å². The molecule has 30 heavy (non-hydrogen) atoms. The topological polar surface area (TPSA) is 36.4 Å². The standard InChI is InChI=1S/C23H23Cl2N3OS/c24-17-8-6-16(7-9-17)23(10-1-2-11-23)21(29)27-12-14-28(15-13-27)22-26-20-18(25)4-3-5-19(20)30-22/h3-9H,1-2,10-15H2. The Kier molecular flexibility index (Phi) is 5.38. The van der Waals surface area contributed by atoms with E-state index < -0.39 is 5.41 Å². The Labute approximate surface area is 190 Å². The molecule has 2 aliphatic rings. The van der Waals surface area contributed by atoms with Gasteiger partial charge in [0, 0.05) is 31.2 Å². The molecule has 1 saturated heterocycles. The molecule has 2 aromatic carbocycles. The van der Waals surface area contributed by atoms with Crippen LogP contribution in [0.4, 0.5) is 5.13 Å². The molecule has 2 heterocycles. The van der Waals surface area contributed by atoms with E-state index in [4.69, 9.17) is 28.2 Å². The minimum atomic E-state index is -0.393. The molecule has 1 saturated carbocycles. The summed E-state index contributed by atoms with van der Waals surface area (Å²) in [6.45, 7) is 3.02. The lowest BCUT2D eigenvalue weighted by Gasteiger charge is -2.40. The lowest BCUT2D eigenvalue weighted by Crippen LogP contribution is -2.54. The zero-order valence-electron chi connectivity index (χ0n) is 16.6. The smallest absolute Gasteiger partial charge is 0.233 e. The van der Waals surface area contributed by atoms with Gasteiger partial charge in [0.1, 0.15) is 5.52 Å². The number of hydrogen-bond donors (Lipinski definition) is 0. The highest BCUT2D eigenvalue weighted by molar-refractivity contribution is 7.22. The first-order valence-electron chi connectivity index (χ1n) is 10.4. The van der Waals surface area contributed by atoms with Crippen molar-refractivity contribution >= 4 is 55.8 Å². The molecule has 1 aromatic heterocycles. The molecule has 3 aromatic rings. The van der Waals surface area contributed by atoms with Crippen molar-refractivity contribution in [3.05, 3.63) is 58.1 Å².